The lowest BCUT2D eigenvalue weighted by Crippen LogP contribution is -2.21. The molecule has 1 saturated carbocycles. The van der Waals surface area contributed by atoms with Crippen LogP contribution in [0.2, 0.25) is 5.02 Å². The average Bonchev–Trinajstić information content (AvgIpc) is 3.36. The van der Waals surface area contributed by atoms with Crippen LogP contribution in [0.1, 0.15) is 29.6 Å². The van der Waals surface area contributed by atoms with Gasteiger partial charge in [0.05, 0.1) is 27.6 Å². The highest BCUT2D eigenvalue weighted by molar-refractivity contribution is 7.22. The van der Waals surface area contributed by atoms with Gasteiger partial charge < -0.3 is 21.7 Å². The number of nitrogens with two attached hydrogens (primary N) is 2. The number of hydrogen-bond donors (Lipinski definition) is 3. The van der Waals surface area contributed by atoms with Crippen LogP contribution in [0.25, 0.3) is 10.2 Å². The topological polar surface area (TPSA) is 123 Å². The number of carbonyl (C=O) groups excluding carboxylic acids is 1. The van der Waals surface area contributed by atoms with Crippen LogP contribution in [-0.2, 0) is 0 Å². The predicted octanol–water partition coefficient (Wildman–Crippen LogP) is 3.56. The third kappa shape index (κ3) is 6.13. The van der Waals surface area contributed by atoms with Crippen molar-refractivity contribution in [1.29, 1.82) is 0 Å². The molecule has 5 N–H and O–H groups in total. The summed E-state index contributed by atoms with van der Waals surface area (Å²) in [7, 11) is 3.52. The number of benzene rings is 1. The maximum atomic E-state index is 12.1. The minimum Gasteiger partial charge on any atom is -0.368 e. The number of thiazole rings is 1. The smallest absolute Gasteiger partial charge is 0.253 e. The number of aromatic nitrogens is 3. The van der Waals surface area contributed by atoms with E-state index in [1.807, 2.05) is 18.2 Å². The van der Waals surface area contributed by atoms with E-state index in [1.165, 1.54) is 24.4 Å². The number of hydrogen-bond acceptors (Lipinski definition) is 8. The summed E-state index contributed by atoms with van der Waals surface area (Å²) in [4.78, 5) is 25.5. The number of rotatable bonds is 4. The van der Waals surface area contributed by atoms with Gasteiger partial charge in [-0.05, 0) is 37.5 Å². The zero-order chi connectivity index (χ0) is 22.4. The number of fused-ring (bicyclic) bond motifs is 1. The zero-order valence-corrected chi connectivity index (χ0v) is 19.1. The largest absolute Gasteiger partial charge is 0.368 e. The number of anilines is 2. The Morgan fingerprint density at radius 1 is 1.35 bits per heavy atom. The minimum atomic E-state index is 0.0127. The van der Waals surface area contributed by atoms with Crippen molar-refractivity contribution < 1.29 is 4.79 Å². The summed E-state index contributed by atoms with van der Waals surface area (Å²) < 4.78 is 1.03. The summed E-state index contributed by atoms with van der Waals surface area (Å²) in [5.74, 6) is 0.258. The van der Waals surface area contributed by atoms with E-state index >= 15 is 0 Å². The van der Waals surface area contributed by atoms with Crippen LogP contribution in [0.5, 0.6) is 0 Å². The van der Waals surface area contributed by atoms with E-state index in [0.29, 0.717) is 23.2 Å². The van der Waals surface area contributed by atoms with Crippen molar-refractivity contribution in [1.82, 2.24) is 19.9 Å². The number of nitrogen functional groups attached to an aromatic ring is 1. The molecule has 1 aliphatic rings. The first-order chi connectivity index (χ1) is 14.9. The third-order valence-corrected chi connectivity index (χ3v) is 5.91. The van der Waals surface area contributed by atoms with Crippen molar-refractivity contribution in [3.63, 3.8) is 0 Å². The van der Waals surface area contributed by atoms with Gasteiger partial charge in [-0.15, -0.1) is 0 Å². The molecular formula is C21H26ClN7OS. The van der Waals surface area contributed by atoms with Gasteiger partial charge in [0, 0.05) is 32.2 Å². The summed E-state index contributed by atoms with van der Waals surface area (Å²) in [6.45, 7) is 0.587. The van der Waals surface area contributed by atoms with Gasteiger partial charge in [-0.1, -0.05) is 34.6 Å². The van der Waals surface area contributed by atoms with Crippen molar-refractivity contribution in [3.05, 3.63) is 52.8 Å². The molecule has 8 nitrogen and oxygen atoms in total. The number of carbonyl (C=O) groups is 1. The molecule has 0 aliphatic heterocycles. The normalized spacial score (nSPS) is 16.8. The van der Waals surface area contributed by atoms with Crippen LogP contribution in [0, 0.1) is 0 Å². The second-order valence-corrected chi connectivity index (χ2v) is 8.73. The van der Waals surface area contributed by atoms with Gasteiger partial charge in [-0.3, -0.25) is 4.79 Å². The van der Waals surface area contributed by atoms with Crippen molar-refractivity contribution in [2.75, 3.05) is 31.7 Å². The maximum absolute atomic E-state index is 12.1. The standard InChI is InChI=1S/C17H22N4OS.C4H4ClN3/c1-21(2)16(22)12-6-7-14-15(10-12)23-17(20-14)19-13-5-3-4-11(13)8-9-18;5-3-1-7-4(6)8-2-3/h6-8,10,13H,3-5,9,18H2,1-2H3,(H,19,20);1-2H,(H2,6,7,8)/b11-8-;. The summed E-state index contributed by atoms with van der Waals surface area (Å²) in [6, 6.07) is 6.01. The first-order valence-corrected chi connectivity index (χ1v) is 11.1. The van der Waals surface area contributed by atoms with Crippen LogP contribution >= 0.6 is 22.9 Å². The van der Waals surface area contributed by atoms with Gasteiger partial charge in [-0.2, -0.15) is 0 Å². The maximum Gasteiger partial charge on any atom is 0.253 e. The lowest BCUT2D eigenvalue weighted by molar-refractivity contribution is 0.0828. The fourth-order valence-electron chi connectivity index (χ4n) is 3.28. The summed E-state index contributed by atoms with van der Waals surface area (Å²) in [5, 5.41) is 4.93. The lowest BCUT2D eigenvalue weighted by atomic mass is 10.1. The fourth-order valence-corrected chi connectivity index (χ4v) is 4.33. The fraction of sp³-hybridized carbons (Fsp3) is 0.333. The van der Waals surface area contributed by atoms with Crippen molar-refractivity contribution >= 4 is 50.1 Å². The molecule has 0 radical (unpaired) electrons. The summed E-state index contributed by atoms with van der Waals surface area (Å²) >= 11 is 7.03. The molecule has 1 amide bonds. The van der Waals surface area contributed by atoms with E-state index < -0.39 is 0 Å². The molecule has 1 fully saturated rings. The van der Waals surface area contributed by atoms with Crippen LogP contribution in [0.4, 0.5) is 11.1 Å². The highest BCUT2D eigenvalue weighted by atomic mass is 35.5. The predicted molar refractivity (Wildman–Crippen MR) is 127 cm³/mol. The Kier molecular flexibility index (Phi) is 7.78. The lowest BCUT2D eigenvalue weighted by Gasteiger charge is -2.13. The van der Waals surface area contributed by atoms with Gasteiger partial charge in [-0.25, -0.2) is 15.0 Å². The number of amides is 1. The van der Waals surface area contributed by atoms with Crippen LogP contribution < -0.4 is 16.8 Å². The summed E-state index contributed by atoms with van der Waals surface area (Å²) in [6.07, 6.45) is 8.43. The molecule has 4 rings (SSSR count). The van der Waals surface area contributed by atoms with E-state index in [2.05, 4.69) is 26.3 Å². The summed E-state index contributed by atoms with van der Waals surface area (Å²) in [5.41, 5.74) is 13.8. The van der Waals surface area contributed by atoms with E-state index in [4.69, 9.17) is 23.1 Å². The third-order valence-electron chi connectivity index (χ3n) is 4.77. The van der Waals surface area contributed by atoms with E-state index in [0.717, 1.165) is 28.2 Å². The first-order valence-electron chi connectivity index (χ1n) is 9.88. The molecule has 3 aromatic rings. The van der Waals surface area contributed by atoms with Crippen LogP contribution in [0.15, 0.2) is 42.2 Å². The van der Waals surface area contributed by atoms with Crippen LogP contribution in [-0.4, -0.2) is 52.4 Å². The van der Waals surface area contributed by atoms with E-state index in [-0.39, 0.29) is 11.9 Å². The molecule has 1 aromatic carbocycles. The quantitative estimate of drug-likeness (QED) is 0.509. The van der Waals surface area contributed by atoms with Gasteiger partial charge in [0.15, 0.2) is 5.13 Å². The highest BCUT2D eigenvalue weighted by Gasteiger charge is 2.21. The second kappa shape index (κ2) is 10.5. The van der Waals surface area contributed by atoms with Gasteiger partial charge in [0.1, 0.15) is 0 Å². The SMILES string of the molecule is CN(C)C(=O)c1ccc2nc(NC3CCC/C3=C/CN)sc2c1.Nc1ncc(Cl)cn1. The van der Waals surface area contributed by atoms with Crippen molar-refractivity contribution in [2.24, 2.45) is 5.73 Å². The molecule has 0 bridgehead atoms. The molecule has 2 heterocycles. The van der Waals surface area contributed by atoms with E-state index in [9.17, 15) is 4.79 Å². The molecule has 2 aromatic heterocycles. The average molecular weight is 460 g/mol. The van der Waals surface area contributed by atoms with Crippen LogP contribution in [0.3, 0.4) is 0 Å². The van der Waals surface area contributed by atoms with Gasteiger partial charge in [0.25, 0.3) is 5.91 Å². The first kappa shape index (κ1) is 22.9. The Morgan fingerprint density at radius 3 is 2.74 bits per heavy atom. The molecular weight excluding hydrogens is 434 g/mol. The highest BCUT2D eigenvalue weighted by Crippen LogP contribution is 2.32. The minimum absolute atomic E-state index is 0.0127. The van der Waals surface area contributed by atoms with Crippen molar-refractivity contribution in [2.45, 2.75) is 25.3 Å². The Balaban J connectivity index is 0.000000287. The Bertz CT molecular complexity index is 1040. The Morgan fingerprint density at radius 2 is 2.10 bits per heavy atom. The zero-order valence-electron chi connectivity index (χ0n) is 17.5. The molecule has 10 heteroatoms. The Labute approximate surface area is 190 Å². The second-order valence-electron chi connectivity index (χ2n) is 7.26. The van der Waals surface area contributed by atoms with Gasteiger partial charge in [0.2, 0.25) is 5.95 Å². The molecule has 1 aliphatic carbocycles. The molecule has 164 valence electrons. The van der Waals surface area contributed by atoms with Crippen molar-refractivity contribution in [3.8, 4) is 0 Å². The number of halogens is 1. The number of nitrogens with one attached hydrogen (secondary N) is 1. The molecule has 1 atom stereocenters. The molecule has 1 unspecified atom stereocenters. The monoisotopic (exact) mass is 459 g/mol. The number of nitrogens with zero attached hydrogens (tertiary/aromatic N) is 4. The van der Waals surface area contributed by atoms with E-state index in [1.54, 1.807) is 30.3 Å². The molecule has 0 spiro atoms. The molecule has 0 saturated heterocycles. The Hall–Kier alpha value is -2.75. The van der Waals surface area contributed by atoms with Gasteiger partial charge >= 0.3 is 0 Å². The molecule has 31 heavy (non-hydrogen) atoms.